The number of aromatic carboxylic acids is 1. The van der Waals surface area contributed by atoms with Crippen LogP contribution in [0.3, 0.4) is 0 Å². The number of hydrogen-bond donors (Lipinski definition) is 2. The lowest BCUT2D eigenvalue weighted by atomic mass is 10.1. The van der Waals surface area contributed by atoms with E-state index in [4.69, 9.17) is 16.7 Å². The van der Waals surface area contributed by atoms with Crippen molar-refractivity contribution in [1.82, 2.24) is 0 Å². The van der Waals surface area contributed by atoms with E-state index in [-0.39, 0.29) is 17.4 Å². The third kappa shape index (κ3) is 4.20. The Hall–Kier alpha value is -2.07. The number of anilines is 1. The molecule has 0 saturated heterocycles. The molecule has 0 radical (unpaired) electrons. The van der Waals surface area contributed by atoms with E-state index < -0.39 is 5.97 Å². The summed E-state index contributed by atoms with van der Waals surface area (Å²) in [4.78, 5) is 10.8. The van der Waals surface area contributed by atoms with Gasteiger partial charge in [0.15, 0.2) is 0 Å². The molecule has 3 nitrogen and oxygen atoms in total. The summed E-state index contributed by atoms with van der Waals surface area (Å²) in [6.45, 7) is 1.98. The molecule has 2 aromatic carbocycles. The molecule has 0 heterocycles. The topological polar surface area (TPSA) is 49.3 Å². The Morgan fingerprint density at radius 3 is 2.52 bits per heavy atom. The standard InChI is InChI=1S/C16H15ClFNO2/c1-10(8-11-2-5-13(18)6-3-11)19-15-7-4-12(16(20)21)9-14(15)17/h2-7,9-10,19H,8H2,1H3,(H,20,21). The Labute approximate surface area is 127 Å². The maximum Gasteiger partial charge on any atom is 0.335 e. The van der Waals surface area contributed by atoms with Crippen LogP contribution in [-0.4, -0.2) is 17.1 Å². The van der Waals surface area contributed by atoms with Gasteiger partial charge in [-0.1, -0.05) is 23.7 Å². The summed E-state index contributed by atoms with van der Waals surface area (Å²) in [5, 5.41) is 12.5. The van der Waals surface area contributed by atoms with Crippen molar-refractivity contribution in [1.29, 1.82) is 0 Å². The molecule has 2 rings (SSSR count). The highest BCUT2D eigenvalue weighted by Gasteiger charge is 2.10. The Bertz CT molecular complexity index is 643. The van der Waals surface area contributed by atoms with Crippen molar-refractivity contribution in [2.24, 2.45) is 0 Å². The molecule has 0 amide bonds. The van der Waals surface area contributed by atoms with Crippen molar-refractivity contribution in [2.75, 3.05) is 5.32 Å². The maximum atomic E-state index is 12.8. The van der Waals surface area contributed by atoms with E-state index in [0.29, 0.717) is 17.1 Å². The molecule has 0 spiro atoms. The lowest BCUT2D eigenvalue weighted by Crippen LogP contribution is -2.18. The van der Waals surface area contributed by atoms with E-state index in [1.807, 2.05) is 6.92 Å². The van der Waals surface area contributed by atoms with Gasteiger partial charge in [-0.15, -0.1) is 0 Å². The molecular formula is C16H15ClFNO2. The van der Waals surface area contributed by atoms with Crippen LogP contribution in [0.4, 0.5) is 10.1 Å². The van der Waals surface area contributed by atoms with Crippen LogP contribution in [0.2, 0.25) is 5.02 Å². The third-order valence-electron chi connectivity index (χ3n) is 3.07. The first-order chi connectivity index (χ1) is 9.95. The number of carboxylic acid groups (broad SMARTS) is 1. The number of hydrogen-bond acceptors (Lipinski definition) is 2. The molecule has 5 heteroatoms. The van der Waals surface area contributed by atoms with Crippen LogP contribution >= 0.6 is 11.6 Å². The summed E-state index contributed by atoms with van der Waals surface area (Å²) in [7, 11) is 0. The molecule has 0 aliphatic rings. The SMILES string of the molecule is CC(Cc1ccc(F)cc1)Nc1ccc(C(=O)O)cc1Cl. The molecule has 0 aliphatic carbocycles. The molecule has 2 N–H and O–H groups in total. The number of carboxylic acids is 1. The third-order valence-corrected chi connectivity index (χ3v) is 3.39. The Morgan fingerprint density at radius 1 is 1.29 bits per heavy atom. The minimum Gasteiger partial charge on any atom is -0.478 e. The minimum absolute atomic E-state index is 0.0728. The molecule has 0 bridgehead atoms. The van der Waals surface area contributed by atoms with E-state index in [9.17, 15) is 9.18 Å². The largest absolute Gasteiger partial charge is 0.478 e. The second-order valence-electron chi connectivity index (χ2n) is 4.88. The summed E-state index contributed by atoms with van der Waals surface area (Å²) < 4.78 is 12.8. The van der Waals surface area contributed by atoms with Gasteiger partial charge in [0.1, 0.15) is 5.82 Å². The monoisotopic (exact) mass is 307 g/mol. The first-order valence-electron chi connectivity index (χ1n) is 6.49. The highest BCUT2D eigenvalue weighted by molar-refractivity contribution is 6.33. The quantitative estimate of drug-likeness (QED) is 0.869. The Morgan fingerprint density at radius 2 is 1.95 bits per heavy atom. The zero-order chi connectivity index (χ0) is 15.4. The summed E-state index contributed by atoms with van der Waals surface area (Å²) >= 11 is 6.07. The Balaban J connectivity index is 2.04. The van der Waals surface area contributed by atoms with Gasteiger partial charge >= 0.3 is 5.97 Å². The zero-order valence-corrected chi connectivity index (χ0v) is 12.2. The molecular weight excluding hydrogens is 293 g/mol. The lowest BCUT2D eigenvalue weighted by Gasteiger charge is -2.16. The highest BCUT2D eigenvalue weighted by Crippen LogP contribution is 2.24. The van der Waals surface area contributed by atoms with Gasteiger partial charge in [0.2, 0.25) is 0 Å². The van der Waals surface area contributed by atoms with Crippen molar-refractivity contribution < 1.29 is 14.3 Å². The van der Waals surface area contributed by atoms with Gasteiger partial charge in [0.25, 0.3) is 0 Å². The van der Waals surface area contributed by atoms with E-state index in [0.717, 1.165) is 5.56 Å². The van der Waals surface area contributed by atoms with Crippen LogP contribution in [0.1, 0.15) is 22.8 Å². The fourth-order valence-corrected chi connectivity index (χ4v) is 2.29. The van der Waals surface area contributed by atoms with Crippen LogP contribution in [0.15, 0.2) is 42.5 Å². The number of rotatable bonds is 5. The molecule has 1 unspecified atom stereocenters. The predicted octanol–water partition coefficient (Wildman–Crippen LogP) is 4.22. The average molecular weight is 308 g/mol. The van der Waals surface area contributed by atoms with Crippen LogP contribution in [0, 0.1) is 5.82 Å². The first kappa shape index (κ1) is 15.3. The smallest absolute Gasteiger partial charge is 0.335 e. The number of benzene rings is 2. The summed E-state index contributed by atoms with van der Waals surface area (Å²) in [6.07, 6.45) is 0.706. The predicted molar refractivity (Wildman–Crippen MR) is 81.6 cm³/mol. The minimum atomic E-state index is -1.01. The molecule has 110 valence electrons. The summed E-state index contributed by atoms with van der Waals surface area (Å²) in [6, 6.07) is 11.0. The molecule has 0 aromatic heterocycles. The van der Waals surface area contributed by atoms with E-state index in [1.165, 1.54) is 24.3 Å². The number of halogens is 2. The van der Waals surface area contributed by atoms with Gasteiger partial charge in [0.05, 0.1) is 16.3 Å². The van der Waals surface area contributed by atoms with Crippen LogP contribution in [0.25, 0.3) is 0 Å². The normalized spacial score (nSPS) is 12.0. The first-order valence-corrected chi connectivity index (χ1v) is 6.87. The highest BCUT2D eigenvalue weighted by atomic mass is 35.5. The van der Waals surface area contributed by atoms with Gasteiger partial charge in [-0.05, 0) is 49.2 Å². The molecule has 21 heavy (non-hydrogen) atoms. The van der Waals surface area contributed by atoms with Gasteiger partial charge in [0, 0.05) is 6.04 Å². The van der Waals surface area contributed by atoms with Gasteiger partial charge in [-0.3, -0.25) is 0 Å². The summed E-state index contributed by atoms with van der Waals surface area (Å²) in [5.41, 5.74) is 1.84. The molecule has 0 aliphatic heterocycles. The van der Waals surface area contributed by atoms with Crippen LogP contribution in [-0.2, 0) is 6.42 Å². The van der Waals surface area contributed by atoms with Crippen LogP contribution in [0.5, 0.6) is 0 Å². The molecule has 1 atom stereocenters. The van der Waals surface area contributed by atoms with E-state index in [2.05, 4.69) is 5.32 Å². The van der Waals surface area contributed by atoms with Crippen molar-refractivity contribution in [3.63, 3.8) is 0 Å². The average Bonchev–Trinajstić information content (AvgIpc) is 2.43. The number of nitrogens with one attached hydrogen (secondary N) is 1. The fraction of sp³-hybridized carbons (Fsp3) is 0.188. The second kappa shape index (κ2) is 6.59. The molecule has 0 saturated carbocycles. The van der Waals surface area contributed by atoms with E-state index in [1.54, 1.807) is 18.2 Å². The van der Waals surface area contributed by atoms with Gasteiger partial charge in [-0.25, -0.2) is 9.18 Å². The fourth-order valence-electron chi connectivity index (χ4n) is 2.06. The zero-order valence-electron chi connectivity index (χ0n) is 11.4. The van der Waals surface area contributed by atoms with Crippen molar-refractivity contribution in [3.05, 3.63) is 64.4 Å². The van der Waals surface area contributed by atoms with Gasteiger partial charge < -0.3 is 10.4 Å². The van der Waals surface area contributed by atoms with Crippen molar-refractivity contribution in [3.8, 4) is 0 Å². The number of carbonyl (C=O) groups is 1. The van der Waals surface area contributed by atoms with Gasteiger partial charge in [-0.2, -0.15) is 0 Å². The van der Waals surface area contributed by atoms with Crippen molar-refractivity contribution >= 4 is 23.3 Å². The summed E-state index contributed by atoms with van der Waals surface area (Å²) in [5.74, 6) is -1.27. The Kier molecular flexibility index (Phi) is 4.81. The molecule has 2 aromatic rings. The maximum absolute atomic E-state index is 12.8. The van der Waals surface area contributed by atoms with Crippen molar-refractivity contribution in [2.45, 2.75) is 19.4 Å². The second-order valence-corrected chi connectivity index (χ2v) is 5.28. The van der Waals surface area contributed by atoms with E-state index >= 15 is 0 Å². The van der Waals surface area contributed by atoms with Crippen LogP contribution < -0.4 is 5.32 Å². The lowest BCUT2D eigenvalue weighted by molar-refractivity contribution is 0.0697. The molecule has 0 fully saturated rings.